The number of rotatable bonds is 2. The number of fused-ring (bicyclic) bond motifs is 6. The van der Waals surface area contributed by atoms with Crippen molar-refractivity contribution in [2.45, 2.75) is 101 Å². The Bertz CT molecular complexity index is 652. The number of thioether (sulfide) groups is 1. The zero-order chi connectivity index (χ0) is 19.3. The van der Waals surface area contributed by atoms with Crippen molar-refractivity contribution in [2.75, 3.05) is 7.11 Å². The molecule has 5 aliphatic carbocycles. The minimum atomic E-state index is -1.09. The molecule has 1 radical (unpaired) electrons. The number of hydrogen-bond acceptors (Lipinski definition) is 2. The predicted molar refractivity (Wildman–Crippen MR) is 114 cm³/mol. The van der Waals surface area contributed by atoms with E-state index in [0.29, 0.717) is 16.7 Å². The number of ether oxygens (including phenoxy) is 1. The van der Waals surface area contributed by atoms with E-state index in [4.69, 9.17) is 4.74 Å². The van der Waals surface area contributed by atoms with Gasteiger partial charge in [0.05, 0.1) is 0 Å². The standard InChI is InChI=1S/C25H39O2S/c1-23-12-10-18-16(7-6-15-13-21-22(28-21)14-24(15,18)2)17(23)8-9-19(23)20-5-4-11-25(20,26)27-3/h15-22H,4-14H2,1-3H3/t15-,16?,17?,18?,19+,20?,21-,22+,23-,24-,25?/m0/s1. The minimum absolute atomic E-state index is 0.259. The van der Waals surface area contributed by atoms with Gasteiger partial charge in [-0.3, -0.25) is 0 Å². The first-order valence-electron chi connectivity index (χ1n) is 12.3. The fraction of sp³-hybridized carbons (Fsp3) is 1.00. The summed E-state index contributed by atoms with van der Waals surface area (Å²) in [6.07, 6.45) is 14.4. The van der Waals surface area contributed by atoms with E-state index in [9.17, 15) is 5.11 Å². The average Bonchev–Trinajstić information content (AvgIpc) is 3.16. The molecule has 2 nitrogen and oxygen atoms in total. The third kappa shape index (κ3) is 2.42. The SMILES string of the molecule is COC1([O])CCCC1[C@H]1CCC2C3CC[C@H]4C[C@@H]5S[C@@H]5C[C@]4(C)C3CC[C@@]21C. The maximum absolute atomic E-state index is 13.3. The molecule has 0 spiro atoms. The quantitative estimate of drug-likeness (QED) is 0.399. The summed E-state index contributed by atoms with van der Waals surface area (Å²) in [7, 11) is 1.67. The van der Waals surface area contributed by atoms with Crippen molar-refractivity contribution in [2.24, 2.45) is 46.3 Å². The molecule has 6 rings (SSSR count). The van der Waals surface area contributed by atoms with Gasteiger partial charge < -0.3 is 4.74 Å². The summed E-state index contributed by atoms with van der Waals surface area (Å²) in [5, 5.41) is 15.4. The monoisotopic (exact) mass is 403 g/mol. The summed E-state index contributed by atoms with van der Waals surface area (Å²) < 4.78 is 5.60. The summed E-state index contributed by atoms with van der Waals surface area (Å²) in [4.78, 5) is 0. The second kappa shape index (κ2) is 6.16. The molecule has 1 aliphatic heterocycles. The van der Waals surface area contributed by atoms with Crippen LogP contribution >= 0.6 is 11.8 Å². The van der Waals surface area contributed by atoms with Crippen LogP contribution in [0.4, 0.5) is 0 Å². The summed E-state index contributed by atoms with van der Waals surface area (Å²) in [6.45, 7) is 5.30. The van der Waals surface area contributed by atoms with Crippen LogP contribution in [0.1, 0.15) is 84.5 Å². The topological polar surface area (TPSA) is 29.1 Å². The molecule has 28 heavy (non-hydrogen) atoms. The fourth-order valence-corrected chi connectivity index (χ4v) is 11.3. The number of hydrogen-bond donors (Lipinski definition) is 0. The Morgan fingerprint density at radius 2 is 1.61 bits per heavy atom. The molecule has 157 valence electrons. The van der Waals surface area contributed by atoms with E-state index in [0.717, 1.165) is 53.4 Å². The second-order valence-electron chi connectivity index (χ2n) is 12.1. The average molecular weight is 404 g/mol. The highest BCUT2D eigenvalue weighted by atomic mass is 32.2. The lowest BCUT2D eigenvalue weighted by molar-refractivity contribution is -0.262. The van der Waals surface area contributed by atoms with Crippen molar-refractivity contribution in [3.05, 3.63) is 0 Å². The largest absolute Gasteiger partial charge is 0.350 e. The van der Waals surface area contributed by atoms with Crippen molar-refractivity contribution >= 4 is 11.8 Å². The lowest BCUT2D eigenvalue weighted by Crippen LogP contribution is -2.54. The molecule has 1 heterocycles. The zero-order valence-electron chi connectivity index (χ0n) is 18.1. The molecule has 0 amide bonds. The highest BCUT2D eigenvalue weighted by molar-refractivity contribution is 8.07. The summed E-state index contributed by atoms with van der Waals surface area (Å²) in [6, 6.07) is 0. The first kappa shape index (κ1) is 19.0. The van der Waals surface area contributed by atoms with E-state index in [1.807, 2.05) is 0 Å². The van der Waals surface area contributed by atoms with Gasteiger partial charge in [-0.25, -0.2) is 0 Å². The molecular weight excluding hydrogens is 364 g/mol. The molecule has 5 saturated carbocycles. The van der Waals surface area contributed by atoms with Crippen LogP contribution in [-0.4, -0.2) is 23.4 Å². The predicted octanol–water partition coefficient (Wildman–Crippen LogP) is 6.31. The normalized spacial score (nSPS) is 62.6. The molecule has 0 aromatic rings. The molecular formula is C25H39O2S. The van der Waals surface area contributed by atoms with Crippen LogP contribution in [0.2, 0.25) is 0 Å². The molecule has 11 atom stereocenters. The van der Waals surface area contributed by atoms with Gasteiger partial charge in [-0.2, -0.15) is 16.9 Å². The molecule has 6 fully saturated rings. The van der Waals surface area contributed by atoms with E-state index < -0.39 is 5.79 Å². The second-order valence-corrected chi connectivity index (χ2v) is 13.5. The van der Waals surface area contributed by atoms with Crippen LogP contribution in [-0.2, 0) is 9.84 Å². The van der Waals surface area contributed by atoms with Crippen LogP contribution in [0, 0.1) is 46.3 Å². The third-order valence-corrected chi connectivity index (χ3v) is 12.8. The molecule has 0 aromatic carbocycles. The highest BCUT2D eigenvalue weighted by Gasteiger charge is 2.65. The smallest absolute Gasteiger partial charge is 0.204 e. The van der Waals surface area contributed by atoms with Crippen LogP contribution in [0.5, 0.6) is 0 Å². The Kier molecular flexibility index (Phi) is 4.18. The van der Waals surface area contributed by atoms with Gasteiger partial charge in [-0.1, -0.05) is 13.8 Å². The molecule has 0 aromatic heterocycles. The van der Waals surface area contributed by atoms with Crippen LogP contribution in [0.3, 0.4) is 0 Å². The molecule has 1 saturated heterocycles. The van der Waals surface area contributed by atoms with Crippen molar-refractivity contribution in [3.8, 4) is 0 Å². The van der Waals surface area contributed by atoms with Gasteiger partial charge in [-0.15, -0.1) is 0 Å². The first-order chi connectivity index (χ1) is 13.4. The van der Waals surface area contributed by atoms with E-state index in [-0.39, 0.29) is 5.92 Å². The van der Waals surface area contributed by atoms with Gasteiger partial charge in [0.1, 0.15) is 0 Å². The van der Waals surface area contributed by atoms with Crippen LogP contribution < -0.4 is 0 Å². The Hall–Kier alpha value is 0.270. The van der Waals surface area contributed by atoms with E-state index >= 15 is 0 Å². The Morgan fingerprint density at radius 1 is 0.821 bits per heavy atom. The van der Waals surface area contributed by atoms with Gasteiger partial charge in [0.25, 0.3) is 0 Å². The minimum Gasteiger partial charge on any atom is -0.350 e. The Labute approximate surface area is 175 Å². The van der Waals surface area contributed by atoms with Gasteiger partial charge >= 0.3 is 0 Å². The molecule has 5 unspecified atom stereocenters. The van der Waals surface area contributed by atoms with Crippen LogP contribution in [0.15, 0.2) is 0 Å². The van der Waals surface area contributed by atoms with Crippen LogP contribution in [0.25, 0.3) is 0 Å². The highest BCUT2D eigenvalue weighted by Crippen LogP contribution is 2.72. The molecule has 0 bridgehead atoms. The fourth-order valence-electron chi connectivity index (χ4n) is 9.96. The molecule has 6 aliphatic rings. The maximum Gasteiger partial charge on any atom is 0.204 e. The summed E-state index contributed by atoms with van der Waals surface area (Å²) in [5.41, 5.74) is 1.02. The maximum atomic E-state index is 13.3. The summed E-state index contributed by atoms with van der Waals surface area (Å²) >= 11 is 2.29. The van der Waals surface area contributed by atoms with Crippen molar-refractivity contribution in [1.82, 2.24) is 0 Å². The molecule has 3 heteroatoms. The number of methoxy groups -OCH3 is 1. The van der Waals surface area contributed by atoms with Crippen molar-refractivity contribution in [1.29, 1.82) is 0 Å². The van der Waals surface area contributed by atoms with Gasteiger partial charge in [0.2, 0.25) is 5.79 Å². The third-order valence-electron chi connectivity index (χ3n) is 11.4. The Balaban J connectivity index is 1.28. The molecule has 0 N–H and O–H groups in total. The van der Waals surface area contributed by atoms with Crippen molar-refractivity contribution < 1.29 is 9.84 Å². The van der Waals surface area contributed by atoms with Gasteiger partial charge in [0, 0.05) is 29.9 Å². The van der Waals surface area contributed by atoms with E-state index in [2.05, 4.69) is 25.6 Å². The zero-order valence-corrected chi connectivity index (χ0v) is 18.9. The lowest BCUT2D eigenvalue weighted by Gasteiger charge is -2.60. The van der Waals surface area contributed by atoms with Gasteiger partial charge in [0.15, 0.2) is 0 Å². The first-order valence-corrected chi connectivity index (χ1v) is 13.2. The van der Waals surface area contributed by atoms with E-state index in [1.54, 1.807) is 7.11 Å². The van der Waals surface area contributed by atoms with E-state index in [1.165, 1.54) is 51.4 Å². The lowest BCUT2D eigenvalue weighted by atomic mass is 9.44. The van der Waals surface area contributed by atoms with Gasteiger partial charge in [-0.05, 0) is 105 Å². The summed E-state index contributed by atoms with van der Waals surface area (Å²) in [5.74, 6) is 3.56. The Morgan fingerprint density at radius 3 is 2.43 bits per heavy atom. The van der Waals surface area contributed by atoms with Crippen molar-refractivity contribution in [3.63, 3.8) is 0 Å².